The van der Waals surface area contributed by atoms with E-state index in [-0.39, 0.29) is 17.6 Å². The molecule has 4 nitrogen and oxygen atoms in total. The van der Waals surface area contributed by atoms with Crippen LogP contribution in [0.2, 0.25) is 0 Å². The maximum absolute atomic E-state index is 11.9. The van der Waals surface area contributed by atoms with Crippen molar-refractivity contribution in [3.63, 3.8) is 0 Å². The first-order valence-electron chi connectivity index (χ1n) is 9.72. The van der Waals surface area contributed by atoms with Crippen LogP contribution in [-0.2, 0) is 11.2 Å². The molecular weight excluding hydrogens is 394 g/mol. The Labute approximate surface area is 181 Å². The number of nitrogens with one attached hydrogen (secondary N) is 1. The molecule has 0 aliphatic heterocycles. The third kappa shape index (κ3) is 6.51. The van der Waals surface area contributed by atoms with Gasteiger partial charge in [0.2, 0.25) is 5.91 Å². The molecule has 1 atom stereocenters. The molecule has 0 radical (unpaired) electrons. The van der Waals surface area contributed by atoms with Crippen molar-refractivity contribution in [2.75, 3.05) is 7.11 Å². The summed E-state index contributed by atoms with van der Waals surface area (Å²) in [4.78, 5) is 12.9. The lowest BCUT2D eigenvalue weighted by atomic mass is 10.1. The third-order valence-corrected chi connectivity index (χ3v) is 5.92. The Morgan fingerprint density at radius 2 is 1.70 bits per heavy atom. The van der Waals surface area contributed by atoms with Crippen LogP contribution in [0.4, 0.5) is 0 Å². The molecule has 0 aliphatic rings. The summed E-state index contributed by atoms with van der Waals surface area (Å²) in [6.45, 7) is 0. The fraction of sp³-hybridized carbons (Fsp3) is 0.160. The van der Waals surface area contributed by atoms with Crippen LogP contribution < -0.4 is 10.2 Å². The molecule has 3 aromatic rings. The Morgan fingerprint density at radius 1 is 1.00 bits per heavy atom. The van der Waals surface area contributed by atoms with E-state index < -0.39 is 0 Å². The van der Waals surface area contributed by atoms with Gasteiger partial charge in [0.05, 0.1) is 7.11 Å². The van der Waals surface area contributed by atoms with Crippen molar-refractivity contribution < 1.29 is 14.7 Å². The first kappa shape index (κ1) is 21.7. The number of carbonyl (C=O) groups is 1. The number of hydrogen-bond acceptors (Lipinski definition) is 4. The monoisotopic (exact) mass is 419 g/mol. The minimum atomic E-state index is -0.380. The molecule has 0 spiro atoms. The van der Waals surface area contributed by atoms with Gasteiger partial charge >= 0.3 is 0 Å². The first-order valence-corrected chi connectivity index (χ1v) is 10.6. The first-order chi connectivity index (χ1) is 14.7. The van der Waals surface area contributed by atoms with Crippen molar-refractivity contribution in [2.24, 2.45) is 0 Å². The van der Waals surface area contributed by atoms with Gasteiger partial charge in [-0.1, -0.05) is 72.8 Å². The molecule has 0 fully saturated rings. The van der Waals surface area contributed by atoms with Gasteiger partial charge in [-0.25, -0.2) is 5.48 Å². The number of rotatable bonds is 9. The van der Waals surface area contributed by atoms with Crippen LogP contribution in [0.5, 0.6) is 5.75 Å². The highest BCUT2D eigenvalue weighted by molar-refractivity contribution is 8.00. The van der Waals surface area contributed by atoms with E-state index in [1.807, 2.05) is 54.6 Å². The van der Waals surface area contributed by atoms with Crippen molar-refractivity contribution in [3.05, 3.63) is 95.6 Å². The van der Waals surface area contributed by atoms with Gasteiger partial charge in [0, 0.05) is 16.6 Å². The predicted molar refractivity (Wildman–Crippen MR) is 123 cm³/mol. The number of ether oxygens (including phenoxy) is 1. The molecule has 0 bridgehead atoms. The van der Waals surface area contributed by atoms with Gasteiger partial charge in [-0.2, -0.15) is 0 Å². The Balaban J connectivity index is 1.78. The van der Waals surface area contributed by atoms with Gasteiger partial charge < -0.3 is 4.74 Å². The normalized spacial score (nSPS) is 11.9. The van der Waals surface area contributed by atoms with Gasteiger partial charge in [-0.05, 0) is 41.3 Å². The predicted octanol–water partition coefficient (Wildman–Crippen LogP) is 5.46. The SMILES string of the molecule is COc1ccc(C=Cc2ccccc2SC(CC(=O)NO)Cc2ccccc2)cc1. The molecule has 1 unspecified atom stereocenters. The van der Waals surface area contributed by atoms with Crippen LogP contribution >= 0.6 is 11.8 Å². The van der Waals surface area contributed by atoms with E-state index in [4.69, 9.17) is 9.94 Å². The lowest BCUT2D eigenvalue weighted by molar-refractivity contribution is -0.129. The van der Waals surface area contributed by atoms with E-state index in [1.54, 1.807) is 24.4 Å². The van der Waals surface area contributed by atoms with Crippen molar-refractivity contribution in [1.29, 1.82) is 0 Å². The molecule has 30 heavy (non-hydrogen) atoms. The molecule has 2 N–H and O–H groups in total. The van der Waals surface area contributed by atoms with Crippen molar-refractivity contribution >= 4 is 29.8 Å². The van der Waals surface area contributed by atoms with Gasteiger partial charge in [-0.15, -0.1) is 11.8 Å². The topological polar surface area (TPSA) is 58.6 Å². The number of carbonyl (C=O) groups excluding carboxylic acids is 1. The smallest absolute Gasteiger partial charge is 0.244 e. The number of hydrogen-bond donors (Lipinski definition) is 2. The van der Waals surface area contributed by atoms with Crippen molar-refractivity contribution in [1.82, 2.24) is 5.48 Å². The number of benzene rings is 3. The highest BCUT2D eigenvalue weighted by Gasteiger charge is 2.17. The second-order valence-electron chi connectivity index (χ2n) is 6.81. The van der Waals surface area contributed by atoms with E-state index in [2.05, 4.69) is 36.4 Å². The molecule has 0 saturated carbocycles. The number of hydroxylamine groups is 1. The van der Waals surface area contributed by atoms with Crippen molar-refractivity contribution in [3.8, 4) is 5.75 Å². The Morgan fingerprint density at radius 3 is 2.40 bits per heavy atom. The molecule has 5 heteroatoms. The molecule has 3 aromatic carbocycles. The van der Waals surface area contributed by atoms with Gasteiger partial charge in [0.25, 0.3) is 0 Å². The minimum Gasteiger partial charge on any atom is -0.497 e. The maximum Gasteiger partial charge on any atom is 0.244 e. The molecule has 0 saturated heterocycles. The molecule has 0 heterocycles. The molecule has 0 aromatic heterocycles. The lowest BCUT2D eigenvalue weighted by Gasteiger charge is -2.17. The molecule has 0 aliphatic carbocycles. The summed E-state index contributed by atoms with van der Waals surface area (Å²) in [5.74, 6) is 0.448. The fourth-order valence-corrected chi connectivity index (χ4v) is 4.39. The fourth-order valence-electron chi connectivity index (χ4n) is 3.09. The Hall–Kier alpha value is -3.02. The average Bonchev–Trinajstić information content (AvgIpc) is 2.79. The lowest BCUT2D eigenvalue weighted by Crippen LogP contribution is -2.24. The van der Waals surface area contributed by atoms with Gasteiger partial charge in [-0.3, -0.25) is 10.0 Å². The van der Waals surface area contributed by atoms with Crippen LogP contribution in [-0.4, -0.2) is 23.5 Å². The molecule has 3 rings (SSSR count). The van der Waals surface area contributed by atoms with Crippen LogP contribution in [0.15, 0.2) is 83.8 Å². The summed E-state index contributed by atoms with van der Waals surface area (Å²) in [6, 6.07) is 26.1. The molecular formula is C25H25NO3S. The van der Waals surface area contributed by atoms with Crippen molar-refractivity contribution in [2.45, 2.75) is 23.0 Å². The van der Waals surface area contributed by atoms with Gasteiger partial charge in [0.15, 0.2) is 0 Å². The van der Waals surface area contributed by atoms with Crippen LogP contribution in [0, 0.1) is 0 Å². The highest BCUT2D eigenvalue weighted by Crippen LogP contribution is 2.32. The maximum atomic E-state index is 11.9. The highest BCUT2D eigenvalue weighted by atomic mass is 32.2. The molecule has 154 valence electrons. The minimum absolute atomic E-state index is 0.00455. The summed E-state index contributed by atoms with van der Waals surface area (Å²) in [5.41, 5.74) is 5.08. The van der Waals surface area contributed by atoms with Crippen LogP contribution in [0.1, 0.15) is 23.1 Å². The second kappa shape index (κ2) is 11.2. The molecule has 1 amide bonds. The number of methoxy groups -OCH3 is 1. The van der Waals surface area contributed by atoms with E-state index in [1.165, 1.54) is 0 Å². The zero-order chi connectivity index (χ0) is 21.2. The van der Waals surface area contributed by atoms with Crippen LogP contribution in [0.25, 0.3) is 12.2 Å². The zero-order valence-corrected chi connectivity index (χ0v) is 17.6. The summed E-state index contributed by atoms with van der Waals surface area (Å²) >= 11 is 1.65. The zero-order valence-electron chi connectivity index (χ0n) is 16.8. The summed E-state index contributed by atoms with van der Waals surface area (Å²) in [5, 5.41) is 8.98. The average molecular weight is 420 g/mol. The van der Waals surface area contributed by atoms with E-state index >= 15 is 0 Å². The van der Waals surface area contributed by atoms with E-state index in [9.17, 15) is 4.79 Å². The number of amides is 1. The Kier molecular flexibility index (Phi) is 8.12. The summed E-state index contributed by atoms with van der Waals surface area (Å²) in [7, 11) is 1.65. The van der Waals surface area contributed by atoms with E-state index in [0.29, 0.717) is 0 Å². The standard InChI is InChI=1S/C25H25NO3S/c1-29-22-15-12-19(13-16-22)11-14-21-9-5-6-10-24(21)30-23(18-25(27)26-28)17-20-7-3-2-4-8-20/h2-16,23,28H,17-18H2,1H3,(H,26,27). The second-order valence-corrected chi connectivity index (χ2v) is 8.16. The van der Waals surface area contributed by atoms with Crippen LogP contribution in [0.3, 0.4) is 0 Å². The summed E-state index contributed by atoms with van der Waals surface area (Å²) in [6.07, 6.45) is 5.10. The Bertz CT molecular complexity index is 971. The van der Waals surface area contributed by atoms with Gasteiger partial charge in [0.1, 0.15) is 5.75 Å². The van der Waals surface area contributed by atoms with E-state index in [0.717, 1.165) is 33.8 Å². The quantitative estimate of drug-likeness (QED) is 0.209. The third-order valence-electron chi connectivity index (χ3n) is 4.63. The number of thioether (sulfide) groups is 1. The summed E-state index contributed by atoms with van der Waals surface area (Å²) < 4.78 is 5.21. The largest absolute Gasteiger partial charge is 0.497 e.